The lowest BCUT2D eigenvalue weighted by Crippen LogP contribution is -2.39. The molecule has 18 heavy (non-hydrogen) atoms. The van der Waals surface area contributed by atoms with Crippen LogP contribution in [-0.2, 0) is 0 Å². The lowest BCUT2D eigenvalue weighted by molar-refractivity contribution is -0.202. The van der Waals surface area contributed by atoms with E-state index in [1.165, 1.54) is 6.92 Å². The number of hydrogen-bond donors (Lipinski definition) is 2. The largest absolute Gasteiger partial charge is 0.415 e. The van der Waals surface area contributed by atoms with Gasteiger partial charge < -0.3 is 10.4 Å². The summed E-state index contributed by atoms with van der Waals surface area (Å²) in [6.07, 6.45) is -7.25. The SMILES string of the molecule is CC(NCC(O)C(F)(F)F)c1ccc(F)cc1F. The first-order chi connectivity index (χ1) is 8.21. The molecule has 2 unspecified atom stereocenters. The average molecular weight is 269 g/mol. The number of alkyl halides is 3. The first-order valence-corrected chi connectivity index (χ1v) is 5.15. The van der Waals surface area contributed by atoms with Crippen LogP contribution >= 0.6 is 0 Å². The zero-order valence-electron chi connectivity index (χ0n) is 9.43. The normalized spacial score (nSPS) is 15.5. The standard InChI is InChI=1S/C11H12F5NO/c1-6(17-5-10(18)11(14,15)16)8-3-2-7(12)4-9(8)13/h2-4,6,10,17-18H,5H2,1H3. The van der Waals surface area contributed by atoms with E-state index in [1.54, 1.807) is 0 Å². The molecule has 0 aliphatic heterocycles. The van der Waals surface area contributed by atoms with E-state index in [0.717, 1.165) is 12.1 Å². The fourth-order valence-electron chi connectivity index (χ4n) is 1.37. The van der Waals surface area contributed by atoms with E-state index in [9.17, 15) is 22.0 Å². The van der Waals surface area contributed by atoms with Crippen molar-refractivity contribution in [1.29, 1.82) is 0 Å². The van der Waals surface area contributed by atoms with Crippen LogP contribution in [0.3, 0.4) is 0 Å². The Balaban J connectivity index is 2.63. The number of rotatable bonds is 4. The Morgan fingerprint density at radius 2 is 1.89 bits per heavy atom. The molecule has 0 aromatic heterocycles. The fourth-order valence-corrected chi connectivity index (χ4v) is 1.37. The lowest BCUT2D eigenvalue weighted by atomic mass is 10.1. The molecular weight excluding hydrogens is 257 g/mol. The molecule has 1 rings (SSSR count). The van der Waals surface area contributed by atoms with Crippen LogP contribution in [-0.4, -0.2) is 23.9 Å². The maximum Gasteiger partial charge on any atom is 0.415 e. The Kier molecular flexibility index (Phi) is 4.64. The van der Waals surface area contributed by atoms with Crippen LogP contribution in [0.4, 0.5) is 22.0 Å². The van der Waals surface area contributed by atoms with Crippen molar-refractivity contribution in [3.63, 3.8) is 0 Å². The van der Waals surface area contributed by atoms with E-state index in [4.69, 9.17) is 5.11 Å². The van der Waals surface area contributed by atoms with Gasteiger partial charge in [0.2, 0.25) is 0 Å². The van der Waals surface area contributed by atoms with Gasteiger partial charge in [-0.3, -0.25) is 0 Å². The van der Waals surface area contributed by atoms with E-state index in [2.05, 4.69) is 5.32 Å². The zero-order valence-corrected chi connectivity index (χ0v) is 9.43. The number of benzene rings is 1. The summed E-state index contributed by atoms with van der Waals surface area (Å²) in [5.74, 6) is -1.62. The molecule has 0 spiro atoms. The molecule has 0 aliphatic carbocycles. The minimum atomic E-state index is -4.73. The van der Waals surface area contributed by atoms with Crippen molar-refractivity contribution in [1.82, 2.24) is 5.32 Å². The average Bonchev–Trinajstić information content (AvgIpc) is 2.24. The summed E-state index contributed by atoms with van der Waals surface area (Å²) in [5.41, 5.74) is 0.0331. The monoisotopic (exact) mass is 269 g/mol. The molecule has 102 valence electrons. The molecule has 1 aromatic rings. The smallest absolute Gasteiger partial charge is 0.382 e. The van der Waals surface area contributed by atoms with Crippen molar-refractivity contribution in [3.8, 4) is 0 Å². The van der Waals surface area contributed by atoms with E-state index in [1.807, 2.05) is 0 Å². The summed E-state index contributed by atoms with van der Waals surface area (Å²) in [6.45, 7) is 0.654. The second-order valence-electron chi connectivity index (χ2n) is 3.85. The lowest BCUT2D eigenvalue weighted by Gasteiger charge is -2.19. The third-order valence-corrected chi connectivity index (χ3v) is 2.42. The maximum atomic E-state index is 13.3. The van der Waals surface area contributed by atoms with Gasteiger partial charge >= 0.3 is 6.18 Å². The summed E-state index contributed by atoms with van der Waals surface area (Å²) in [4.78, 5) is 0. The van der Waals surface area contributed by atoms with Gasteiger partial charge in [-0.05, 0) is 13.0 Å². The molecule has 2 nitrogen and oxygen atoms in total. The van der Waals surface area contributed by atoms with Crippen LogP contribution < -0.4 is 5.32 Å². The van der Waals surface area contributed by atoms with Crippen molar-refractivity contribution in [2.24, 2.45) is 0 Å². The molecule has 0 saturated heterocycles. The van der Waals surface area contributed by atoms with Gasteiger partial charge in [0, 0.05) is 24.2 Å². The van der Waals surface area contributed by atoms with Crippen LogP contribution in [0.2, 0.25) is 0 Å². The Hall–Kier alpha value is -1.21. The second kappa shape index (κ2) is 5.62. The molecule has 0 fully saturated rings. The molecule has 0 saturated carbocycles. The predicted octanol–water partition coefficient (Wildman–Crippen LogP) is 2.54. The second-order valence-corrected chi connectivity index (χ2v) is 3.85. The van der Waals surface area contributed by atoms with Crippen molar-refractivity contribution < 1.29 is 27.1 Å². The summed E-state index contributed by atoms with van der Waals surface area (Å²) in [6, 6.07) is 2.02. The summed E-state index contributed by atoms with van der Waals surface area (Å²) >= 11 is 0. The van der Waals surface area contributed by atoms with E-state index < -0.39 is 36.5 Å². The Morgan fingerprint density at radius 1 is 1.28 bits per heavy atom. The van der Waals surface area contributed by atoms with Gasteiger partial charge in [0.15, 0.2) is 6.10 Å². The van der Waals surface area contributed by atoms with Crippen molar-refractivity contribution >= 4 is 0 Å². The van der Waals surface area contributed by atoms with Gasteiger partial charge in [0.1, 0.15) is 11.6 Å². The number of hydrogen-bond acceptors (Lipinski definition) is 2. The van der Waals surface area contributed by atoms with Crippen LogP contribution in [0, 0.1) is 11.6 Å². The molecule has 7 heteroatoms. The minimum absolute atomic E-state index is 0.0331. The van der Waals surface area contributed by atoms with E-state index in [-0.39, 0.29) is 5.56 Å². The summed E-state index contributed by atoms with van der Waals surface area (Å²) in [7, 11) is 0. The summed E-state index contributed by atoms with van der Waals surface area (Å²) < 4.78 is 62.0. The highest BCUT2D eigenvalue weighted by molar-refractivity contribution is 5.21. The molecule has 0 radical (unpaired) electrons. The highest BCUT2D eigenvalue weighted by atomic mass is 19.4. The number of halogens is 5. The third-order valence-electron chi connectivity index (χ3n) is 2.42. The predicted molar refractivity (Wildman–Crippen MR) is 54.8 cm³/mol. The summed E-state index contributed by atoms with van der Waals surface area (Å²) in [5, 5.41) is 11.1. The molecular formula is C11H12F5NO. The minimum Gasteiger partial charge on any atom is -0.382 e. The highest BCUT2D eigenvalue weighted by Gasteiger charge is 2.38. The van der Waals surface area contributed by atoms with Crippen molar-refractivity contribution in [2.45, 2.75) is 25.2 Å². The van der Waals surface area contributed by atoms with Crippen LogP contribution in [0.15, 0.2) is 18.2 Å². The molecule has 0 aliphatic rings. The third kappa shape index (κ3) is 3.92. The molecule has 2 N–H and O–H groups in total. The fraction of sp³-hybridized carbons (Fsp3) is 0.455. The van der Waals surface area contributed by atoms with Crippen molar-refractivity contribution in [3.05, 3.63) is 35.4 Å². The van der Waals surface area contributed by atoms with Crippen LogP contribution in [0.5, 0.6) is 0 Å². The van der Waals surface area contributed by atoms with Crippen molar-refractivity contribution in [2.75, 3.05) is 6.54 Å². The van der Waals surface area contributed by atoms with Gasteiger partial charge in [-0.1, -0.05) is 6.07 Å². The molecule has 0 amide bonds. The Bertz CT molecular complexity index is 407. The van der Waals surface area contributed by atoms with Gasteiger partial charge in [-0.15, -0.1) is 0 Å². The molecule has 1 aromatic carbocycles. The number of aliphatic hydroxyl groups excluding tert-OH is 1. The zero-order chi connectivity index (χ0) is 13.9. The Labute approximate surface area is 100 Å². The Morgan fingerprint density at radius 3 is 2.39 bits per heavy atom. The van der Waals surface area contributed by atoms with Gasteiger partial charge in [-0.2, -0.15) is 13.2 Å². The number of nitrogens with one attached hydrogen (secondary N) is 1. The highest BCUT2D eigenvalue weighted by Crippen LogP contribution is 2.21. The molecule has 0 bridgehead atoms. The molecule has 2 atom stereocenters. The van der Waals surface area contributed by atoms with Gasteiger partial charge in [0.05, 0.1) is 0 Å². The number of aliphatic hydroxyl groups is 1. The van der Waals surface area contributed by atoms with Crippen LogP contribution in [0.25, 0.3) is 0 Å². The maximum absolute atomic E-state index is 13.3. The molecule has 0 heterocycles. The van der Waals surface area contributed by atoms with E-state index in [0.29, 0.717) is 6.07 Å². The first kappa shape index (κ1) is 14.8. The van der Waals surface area contributed by atoms with Crippen LogP contribution in [0.1, 0.15) is 18.5 Å². The van der Waals surface area contributed by atoms with Gasteiger partial charge in [-0.25, -0.2) is 8.78 Å². The topological polar surface area (TPSA) is 32.3 Å². The van der Waals surface area contributed by atoms with Gasteiger partial charge in [0.25, 0.3) is 0 Å². The first-order valence-electron chi connectivity index (χ1n) is 5.15. The quantitative estimate of drug-likeness (QED) is 0.823. The van der Waals surface area contributed by atoms with E-state index >= 15 is 0 Å².